The van der Waals surface area contributed by atoms with E-state index < -0.39 is 0 Å². The van der Waals surface area contributed by atoms with E-state index in [0.717, 1.165) is 46.7 Å². The number of hydrogen-bond donors (Lipinski definition) is 1. The monoisotopic (exact) mass is 489 g/mol. The van der Waals surface area contributed by atoms with Gasteiger partial charge in [-0.1, -0.05) is 29.8 Å². The van der Waals surface area contributed by atoms with Crippen LogP contribution in [0.25, 0.3) is 10.9 Å². The molecule has 34 heavy (non-hydrogen) atoms. The van der Waals surface area contributed by atoms with Crippen molar-refractivity contribution in [2.24, 2.45) is 0 Å². The van der Waals surface area contributed by atoms with Crippen molar-refractivity contribution in [3.63, 3.8) is 0 Å². The maximum Gasteiger partial charge on any atom is 0.253 e. The Morgan fingerprint density at radius 1 is 0.971 bits per heavy atom. The van der Waals surface area contributed by atoms with Crippen LogP contribution in [0.15, 0.2) is 84.1 Å². The molecule has 5 rings (SSSR count). The van der Waals surface area contributed by atoms with Gasteiger partial charge in [-0.15, -0.1) is 0 Å². The lowest BCUT2D eigenvalue weighted by molar-refractivity contribution is 0.0628. The van der Waals surface area contributed by atoms with E-state index >= 15 is 0 Å². The maximum absolute atomic E-state index is 13.0. The summed E-state index contributed by atoms with van der Waals surface area (Å²) in [6, 6.07) is 19.7. The zero-order chi connectivity index (χ0) is 23.3. The number of amides is 1. The molecule has 1 N–H and O–H groups in total. The summed E-state index contributed by atoms with van der Waals surface area (Å²) in [5, 5.41) is 1.80. The van der Waals surface area contributed by atoms with Crippen LogP contribution in [0.2, 0.25) is 5.02 Å². The highest BCUT2D eigenvalue weighted by atomic mass is 35.5. The average molecular weight is 490 g/mol. The number of fused-ring (bicyclic) bond motifs is 1. The second-order valence-corrected chi connectivity index (χ2v) is 9.40. The molecule has 4 aromatic rings. The molecule has 0 aliphatic carbocycles. The van der Waals surface area contributed by atoms with Gasteiger partial charge in [-0.3, -0.25) is 19.7 Å². The lowest BCUT2D eigenvalue weighted by atomic mass is 10.1. The Labute approximate surface area is 208 Å². The van der Waals surface area contributed by atoms with E-state index in [9.17, 15) is 4.79 Å². The summed E-state index contributed by atoms with van der Waals surface area (Å²) in [5.74, 6) is 0.0686. The van der Waals surface area contributed by atoms with Crippen molar-refractivity contribution >= 4 is 46.0 Å². The Bertz CT molecular complexity index is 1290. The summed E-state index contributed by atoms with van der Waals surface area (Å²) >= 11 is 7.76. The van der Waals surface area contributed by atoms with Crippen LogP contribution < -0.4 is 4.72 Å². The highest BCUT2D eigenvalue weighted by Crippen LogP contribution is 2.27. The highest BCUT2D eigenvalue weighted by molar-refractivity contribution is 8.00. The van der Waals surface area contributed by atoms with Gasteiger partial charge in [-0.2, -0.15) is 0 Å². The number of aromatic nitrogens is 2. The number of halogens is 1. The number of hydrogen-bond acceptors (Lipinski definition) is 6. The van der Waals surface area contributed by atoms with Gasteiger partial charge in [-0.25, -0.2) is 0 Å². The standard InChI is InChI=1S/C26H24ClN5OS/c27-23-17-28-12-10-21(23)18-31-13-15-32(16-14-31)26(33)20-6-8-22(9-7-20)30-34-24-5-1-3-19-4-2-11-29-25(19)24/h1-12,17,30H,13-16,18H2. The van der Waals surface area contributed by atoms with Crippen LogP contribution in [0.3, 0.4) is 0 Å². The molecule has 0 atom stereocenters. The molecule has 172 valence electrons. The summed E-state index contributed by atoms with van der Waals surface area (Å²) in [5.41, 5.74) is 3.68. The van der Waals surface area contributed by atoms with Crippen LogP contribution in [0, 0.1) is 0 Å². The first-order chi connectivity index (χ1) is 16.7. The van der Waals surface area contributed by atoms with Gasteiger partial charge >= 0.3 is 0 Å². The largest absolute Gasteiger partial charge is 0.336 e. The lowest BCUT2D eigenvalue weighted by Gasteiger charge is -2.35. The Hall–Kier alpha value is -3.13. The fourth-order valence-corrected chi connectivity index (χ4v) is 4.97. The van der Waals surface area contributed by atoms with Gasteiger partial charge in [-0.05, 0) is 60.0 Å². The summed E-state index contributed by atoms with van der Waals surface area (Å²) in [4.78, 5) is 26.8. The molecule has 1 amide bonds. The molecule has 1 aliphatic heterocycles. The summed E-state index contributed by atoms with van der Waals surface area (Å²) < 4.78 is 3.36. The first-order valence-electron chi connectivity index (χ1n) is 11.1. The number of benzene rings is 2. The Morgan fingerprint density at radius 2 is 1.76 bits per heavy atom. The van der Waals surface area contributed by atoms with Crippen LogP contribution in [-0.4, -0.2) is 51.9 Å². The Morgan fingerprint density at radius 3 is 2.56 bits per heavy atom. The van der Waals surface area contributed by atoms with Crippen molar-refractivity contribution in [2.45, 2.75) is 11.4 Å². The molecule has 0 spiro atoms. The average Bonchev–Trinajstić information content (AvgIpc) is 2.89. The quantitative estimate of drug-likeness (QED) is 0.368. The van der Waals surface area contributed by atoms with E-state index in [-0.39, 0.29) is 5.91 Å². The second-order valence-electron chi connectivity index (χ2n) is 8.15. The van der Waals surface area contributed by atoms with Gasteiger partial charge < -0.3 is 9.62 Å². The van der Waals surface area contributed by atoms with Gasteiger partial charge in [0, 0.05) is 68.0 Å². The van der Waals surface area contributed by atoms with E-state index in [1.165, 1.54) is 11.9 Å². The molecule has 8 heteroatoms. The predicted octanol–water partition coefficient (Wildman–Crippen LogP) is 5.36. The zero-order valence-corrected chi connectivity index (χ0v) is 20.1. The van der Waals surface area contributed by atoms with Gasteiger partial charge in [0.05, 0.1) is 15.4 Å². The molecular formula is C26H24ClN5OS. The summed E-state index contributed by atoms with van der Waals surface area (Å²) in [6.07, 6.45) is 5.24. The normalized spacial score (nSPS) is 14.3. The molecule has 2 aromatic carbocycles. The van der Waals surface area contributed by atoms with Crippen molar-refractivity contribution < 1.29 is 4.79 Å². The van der Waals surface area contributed by atoms with Gasteiger partial charge in [0.15, 0.2) is 0 Å². The number of anilines is 1. The molecule has 6 nitrogen and oxygen atoms in total. The highest BCUT2D eigenvalue weighted by Gasteiger charge is 2.22. The maximum atomic E-state index is 13.0. The van der Waals surface area contributed by atoms with E-state index in [4.69, 9.17) is 11.6 Å². The SMILES string of the molecule is O=C(c1ccc(NSc2cccc3cccnc23)cc1)N1CCN(Cc2ccncc2Cl)CC1. The molecule has 2 aromatic heterocycles. The fourth-order valence-electron chi connectivity index (χ4n) is 4.02. The van der Waals surface area contributed by atoms with Crippen molar-refractivity contribution in [2.75, 3.05) is 30.9 Å². The number of pyridine rings is 2. The summed E-state index contributed by atoms with van der Waals surface area (Å²) in [7, 11) is 0. The van der Waals surface area contributed by atoms with Gasteiger partial charge in [0.1, 0.15) is 0 Å². The van der Waals surface area contributed by atoms with Gasteiger partial charge in [0.2, 0.25) is 0 Å². The molecule has 1 aliphatic rings. The molecule has 3 heterocycles. The number of nitrogens with zero attached hydrogens (tertiary/aromatic N) is 4. The number of rotatable bonds is 6. The third kappa shape index (κ3) is 5.17. The number of carbonyl (C=O) groups excluding carboxylic acids is 1. The minimum atomic E-state index is 0.0686. The van der Waals surface area contributed by atoms with Crippen LogP contribution >= 0.6 is 23.5 Å². The van der Waals surface area contributed by atoms with Crippen molar-refractivity contribution in [3.05, 3.63) is 95.4 Å². The van der Waals surface area contributed by atoms with Crippen molar-refractivity contribution in [3.8, 4) is 0 Å². The molecule has 1 fully saturated rings. The number of para-hydroxylation sites is 1. The van der Waals surface area contributed by atoms with Gasteiger partial charge in [0.25, 0.3) is 5.91 Å². The van der Waals surface area contributed by atoms with E-state index in [2.05, 4.69) is 31.7 Å². The molecule has 1 saturated heterocycles. The zero-order valence-electron chi connectivity index (χ0n) is 18.5. The third-order valence-corrected chi connectivity index (χ3v) is 7.14. The van der Waals surface area contributed by atoms with E-state index in [1.54, 1.807) is 18.6 Å². The summed E-state index contributed by atoms with van der Waals surface area (Å²) in [6.45, 7) is 3.81. The lowest BCUT2D eigenvalue weighted by Crippen LogP contribution is -2.48. The fraction of sp³-hybridized carbons (Fsp3) is 0.192. The number of nitrogens with one attached hydrogen (secondary N) is 1. The van der Waals surface area contributed by atoms with Crippen molar-refractivity contribution in [1.82, 2.24) is 19.8 Å². The van der Waals surface area contributed by atoms with Crippen LogP contribution in [0.1, 0.15) is 15.9 Å². The molecule has 0 bridgehead atoms. The minimum absolute atomic E-state index is 0.0686. The molecule has 0 unspecified atom stereocenters. The van der Waals surface area contributed by atoms with Crippen LogP contribution in [-0.2, 0) is 6.54 Å². The van der Waals surface area contributed by atoms with Crippen LogP contribution in [0.5, 0.6) is 0 Å². The van der Waals surface area contributed by atoms with E-state index in [1.807, 2.05) is 53.4 Å². The Kier molecular flexibility index (Phi) is 6.94. The molecule has 0 saturated carbocycles. The molecule has 0 radical (unpaired) electrons. The smallest absolute Gasteiger partial charge is 0.253 e. The molecular weight excluding hydrogens is 466 g/mol. The topological polar surface area (TPSA) is 61.4 Å². The van der Waals surface area contributed by atoms with Crippen molar-refractivity contribution in [1.29, 1.82) is 0 Å². The predicted molar refractivity (Wildman–Crippen MR) is 138 cm³/mol. The minimum Gasteiger partial charge on any atom is -0.336 e. The number of carbonyl (C=O) groups is 1. The van der Waals surface area contributed by atoms with E-state index in [0.29, 0.717) is 23.7 Å². The Balaban J connectivity index is 1.15. The van der Waals surface area contributed by atoms with Crippen LogP contribution in [0.4, 0.5) is 5.69 Å². The first kappa shape index (κ1) is 22.7. The second kappa shape index (κ2) is 10.4. The third-order valence-electron chi connectivity index (χ3n) is 5.92. The number of piperazine rings is 1. The first-order valence-corrected chi connectivity index (χ1v) is 12.3.